The Morgan fingerprint density at radius 1 is 1.19 bits per heavy atom. The molecule has 2 atom stereocenters. The van der Waals surface area contributed by atoms with Crippen molar-refractivity contribution in [3.63, 3.8) is 0 Å². The normalized spacial score (nSPS) is 17.3. The number of rotatable bonds is 6. The third kappa shape index (κ3) is 5.71. The summed E-state index contributed by atoms with van der Waals surface area (Å²) in [6.45, 7) is 9.18. The minimum atomic E-state index is -0.341. The third-order valence-electron chi connectivity index (χ3n) is 5.62. The summed E-state index contributed by atoms with van der Waals surface area (Å²) in [5.74, 6) is 1.09. The largest absolute Gasteiger partial charge is 0.493 e. The van der Waals surface area contributed by atoms with Gasteiger partial charge < -0.3 is 20.1 Å². The van der Waals surface area contributed by atoms with Crippen LogP contribution in [-0.2, 0) is 13.0 Å². The number of hydrogen-bond donors (Lipinski definition) is 2. The van der Waals surface area contributed by atoms with Gasteiger partial charge in [-0.1, -0.05) is 12.1 Å². The molecule has 174 valence electrons. The molecule has 1 aliphatic rings. The molecule has 7 heteroatoms. The minimum absolute atomic E-state index is 0.118. The zero-order valence-corrected chi connectivity index (χ0v) is 19.8. The molecule has 0 saturated carbocycles. The molecular formula is C25H34FN3O3. The molecule has 0 spiro atoms. The number of nitrogens with one attached hydrogen (secondary N) is 2. The van der Waals surface area contributed by atoms with Gasteiger partial charge >= 0.3 is 6.03 Å². The SMILES string of the molecule is COc1cc2c(cc1OC)[C@@H]([C@H](C)NC(=O)NC(C)(C)C)N(Cc1cccc(F)c1)CC2. The Hall–Kier alpha value is -2.80. The molecule has 0 radical (unpaired) electrons. The second-order valence-corrected chi connectivity index (χ2v) is 9.34. The number of hydrogen-bond acceptors (Lipinski definition) is 4. The van der Waals surface area contributed by atoms with Gasteiger partial charge in [-0.15, -0.1) is 0 Å². The van der Waals surface area contributed by atoms with Crippen LogP contribution in [0.25, 0.3) is 0 Å². The zero-order valence-electron chi connectivity index (χ0n) is 19.8. The van der Waals surface area contributed by atoms with Crippen LogP contribution in [-0.4, -0.2) is 43.3 Å². The van der Waals surface area contributed by atoms with Crippen LogP contribution in [0.15, 0.2) is 36.4 Å². The third-order valence-corrected chi connectivity index (χ3v) is 5.62. The summed E-state index contributed by atoms with van der Waals surface area (Å²) in [4.78, 5) is 14.9. The molecule has 0 saturated heterocycles. The van der Waals surface area contributed by atoms with E-state index in [1.165, 1.54) is 6.07 Å². The van der Waals surface area contributed by atoms with E-state index in [4.69, 9.17) is 9.47 Å². The number of carbonyl (C=O) groups excluding carboxylic acids is 1. The van der Waals surface area contributed by atoms with Crippen LogP contribution < -0.4 is 20.1 Å². The molecule has 32 heavy (non-hydrogen) atoms. The van der Waals surface area contributed by atoms with E-state index in [0.29, 0.717) is 18.0 Å². The quantitative estimate of drug-likeness (QED) is 0.693. The summed E-state index contributed by atoms with van der Waals surface area (Å²) in [6.07, 6.45) is 0.822. The van der Waals surface area contributed by atoms with Gasteiger partial charge in [-0.2, -0.15) is 0 Å². The fourth-order valence-corrected chi connectivity index (χ4v) is 4.32. The van der Waals surface area contributed by atoms with Gasteiger partial charge in [-0.3, -0.25) is 4.90 Å². The van der Waals surface area contributed by atoms with Crippen molar-refractivity contribution in [2.45, 2.75) is 58.3 Å². The smallest absolute Gasteiger partial charge is 0.315 e. The predicted molar refractivity (Wildman–Crippen MR) is 124 cm³/mol. The highest BCUT2D eigenvalue weighted by atomic mass is 19.1. The lowest BCUT2D eigenvalue weighted by molar-refractivity contribution is 0.142. The van der Waals surface area contributed by atoms with Crippen LogP contribution in [0.2, 0.25) is 0 Å². The molecule has 0 bridgehead atoms. The van der Waals surface area contributed by atoms with Crippen LogP contribution in [0, 0.1) is 5.82 Å². The standard InChI is InChI=1S/C25H34FN3O3/c1-16(27-24(30)28-25(2,3)4)23-20-14-22(32-6)21(31-5)13-18(20)10-11-29(23)15-17-8-7-9-19(26)12-17/h7-9,12-14,16,23H,10-11,15H2,1-6H3,(H2,27,28,30)/t16-,23+/m0/s1. The van der Waals surface area contributed by atoms with Crippen LogP contribution >= 0.6 is 0 Å². The molecule has 0 unspecified atom stereocenters. The molecule has 0 aromatic heterocycles. The highest BCUT2D eigenvalue weighted by molar-refractivity contribution is 5.75. The maximum Gasteiger partial charge on any atom is 0.315 e. The average Bonchev–Trinajstić information content (AvgIpc) is 2.71. The van der Waals surface area contributed by atoms with Crippen LogP contribution in [0.3, 0.4) is 0 Å². The zero-order chi connectivity index (χ0) is 23.5. The van der Waals surface area contributed by atoms with Gasteiger partial charge in [-0.05, 0) is 75.1 Å². The Morgan fingerprint density at radius 2 is 1.88 bits per heavy atom. The molecule has 1 heterocycles. The first-order valence-electron chi connectivity index (χ1n) is 10.9. The number of urea groups is 1. The van der Waals surface area contributed by atoms with Gasteiger partial charge in [0, 0.05) is 24.7 Å². The van der Waals surface area contributed by atoms with Crippen molar-refractivity contribution >= 4 is 6.03 Å². The van der Waals surface area contributed by atoms with Crippen LogP contribution in [0.4, 0.5) is 9.18 Å². The summed E-state index contributed by atoms with van der Waals surface area (Å²) in [5.41, 5.74) is 2.79. The Bertz CT molecular complexity index is 958. The number of nitrogens with zero attached hydrogens (tertiary/aromatic N) is 1. The Balaban J connectivity index is 1.96. The van der Waals surface area contributed by atoms with E-state index in [-0.39, 0.29) is 29.5 Å². The van der Waals surface area contributed by atoms with Crippen molar-refractivity contribution in [3.8, 4) is 11.5 Å². The molecule has 1 aliphatic heterocycles. The number of carbonyl (C=O) groups is 1. The number of ether oxygens (including phenoxy) is 2. The summed E-state index contributed by atoms with van der Waals surface area (Å²) < 4.78 is 24.9. The fourth-order valence-electron chi connectivity index (χ4n) is 4.32. The summed E-state index contributed by atoms with van der Waals surface area (Å²) >= 11 is 0. The van der Waals surface area contributed by atoms with E-state index in [9.17, 15) is 9.18 Å². The van der Waals surface area contributed by atoms with Gasteiger partial charge in [-0.25, -0.2) is 9.18 Å². The summed E-state index contributed by atoms with van der Waals surface area (Å²) in [5, 5.41) is 6.07. The first kappa shape index (κ1) is 23.9. The van der Waals surface area contributed by atoms with E-state index >= 15 is 0 Å². The number of benzene rings is 2. The molecule has 6 nitrogen and oxygen atoms in total. The number of fused-ring (bicyclic) bond motifs is 1. The van der Waals surface area contributed by atoms with Crippen molar-refractivity contribution in [1.29, 1.82) is 0 Å². The number of halogens is 1. The van der Waals surface area contributed by atoms with E-state index in [1.807, 2.05) is 45.9 Å². The maximum absolute atomic E-state index is 13.8. The first-order valence-corrected chi connectivity index (χ1v) is 10.9. The van der Waals surface area contributed by atoms with Gasteiger partial charge in [0.1, 0.15) is 5.82 Å². The molecule has 3 rings (SSSR count). The maximum atomic E-state index is 13.8. The van der Waals surface area contributed by atoms with Gasteiger partial charge in [0.25, 0.3) is 0 Å². The van der Waals surface area contributed by atoms with Crippen molar-refractivity contribution in [3.05, 3.63) is 58.9 Å². The van der Waals surface area contributed by atoms with Gasteiger partial charge in [0.15, 0.2) is 11.5 Å². The van der Waals surface area contributed by atoms with Gasteiger partial charge in [0.05, 0.1) is 20.3 Å². The molecule has 2 amide bonds. The first-order chi connectivity index (χ1) is 15.1. The lowest BCUT2D eigenvalue weighted by Gasteiger charge is -2.41. The minimum Gasteiger partial charge on any atom is -0.493 e. The summed E-state index contributed by atoms with van der Waals surface area (Å²) in [6, 6.07) is 10.1. The second kappa shape index (κ2) is 9.77. The molecule has 0 fully saturated rings. The molecule has 2 N–H and O–H groups in total. The number of amides is 2. The van der Waals surface area contributed by atoms with Crippen LogP contribution in [0.5, 0.6) is 11.5 Å². The Morgan fingerprint density at radius 3 is 2.50 bits per heavy atom. The van der Waals surface area contributed by atoms with Crippen LogP contribution in [0.1, 0.15) is 50.4 Å². The lowest BCUT2D eigenvalue weighted by atomic mass is 9.87. The Kier molecular flexibility index (Phi) is 7.29. The molecular weight excluding hydrogens is 409 g/mol. The van der Waals surface area contributed by atoms with Crippen molar-refractivity contribution in [2.75, 3.05) is 20.8 Å². The van der Waals surface area contributed by atoms with Crippen molar-refractivity contribution in [1.82, 2.24) is 15.5 Å². The molecule has 2 aromatic carbocycles. The predicted octanol–water partition coefficient (Wildman–Crippen LogP) is 4.43. The summed E-state index contributed by atoms with van der Waals surface area (Å²) in [7, 11) is 3.24. The Labute approximate surface area is 190 Å². The highest BCUT2D eigenvalue weighted by Crippen LogP contribution is 2.40. The van der Waals surface area contributed by atoms with Crippen molar-refractivity contribution < 1.29 is 18.7 Å². The van der Waals surface area contributed by atoms with E-state index in [0.717, 1.165) is 29.7 Å². The average molecular weight is 444 g/mol. The highest BCUT2D eigenvalue weighted by Gasteiger charge is 2.34. The monoisotopic (exact) mass is 443 g/mol. The topological polar surface area (TPSA) is 62.8 Å². The van der Waals surface area contributed by atoms with E-state index < -0.39 is 0 Å². The van der Waals surface area contributed by atoms with Crippen molar-refractivity contribution in [2.24, 2.45) is 0 Å². The second-order valence-electron chi connectivity index (χ2n) is 9.34. The fraction of sp³-hybridized carbons (Fsp3) is 0.480. The lowest BCUT2D eigenvalue weighted by Crippen LogP contribution is -2.53. The molecule has 2 aromatic rings. The number of methoxy groups -OCH3 is 2. The van der Waals surface area contributed by atoms with E-state index in [2.05, 4.69) is 15.5 Å². The van der Waals surface area contributed by atoms with E-state index in [1.54, 1.807) is 26.4 Å². The molecule has 0 aliphatic carbocycles. The van der Waals surface area contributed by atoms with Gasteiger partial charge in [0.2, 0.25) is 0 Å².